The molecule has 0 saturated heterocycles. The Kier molecular flexibility index (Phi) is 3.86. The summed E-state index contributed by atoms with van der Waals surface area (Å²) in [5.41, 5.74) is 0.410. The average Bonchev–Trinajstić information content (AvgIpc) is 2.27. The van der Waals surface area contributed by atoms with Gasteiger partial charge in [-0.3, -0.25) is 4.79 Å². The number of aromatic hydroxyl groups is 1. The van der Waals surface area contributed by atoms with E-state index in [1.54, 1.807) is 0 Å². The summed E-state index contributed by atoms with van der Waals surface area (Å²) in [6.45, 7) is 7.24. The van der Waals surface area contributed by atoms with Gasteiger partial charge < -0.3 is 5.11 Å². The van der Waals surface area contributed by atoms with E-state index >= 15 is 0 Å². The molecule has 0 aliphatic rings. The Morgan fingerprint density at radius 1 is 1.28 bits per heavy atom. The molecule has 0 bridgehead atoms. The molecule has 4 nitrogen and oxygen atoms in total. The minimum atomic E-state index is -3.55. The molecule has 0 atom stereocenters. The fourth-order valence-electron chi connectivity index (χ4n) is 1.54. The summed E-state index contributed by atoms with van der Waals surface area (Å²) in [6, 6.07) is 2.97. The first-order valence-corrected chi connectivity index (χ1v) is 7.34. The van der Waals surface area contributed by atoms with Crippen molar-refractivity contribution >= 4 is 16.1 Å². The molecule has 0 unspecified atom stereocenters. The Hall–Kier alpha value is -1.36. The molecule has 1 aromatic rings. The highest BCUT2D eigenvalue weighted by Crippen LogP contribution is 2.33. The lowest BCUT2D eigenvalue weighted by molar-refractivity contribution is 0.112. The molecule has 0 spiro atoms. The van der Waals surface area contributed by atoms with Crippen LogP contribution in [0.3, 0.4) is 0 Å². The Balaban J connectivity index is 3.67. The van der Waals surface area contributed by atoms with Gasteiger partial charge in [0.15, 0.2) is 16.1 Å². The number of carbonyl (C=O) groups excluding carboxylic acids is 1. The van der Waals surface area contributed by atoms with Crippen LogP contribution < -0.4 is 0 Å². The number of carbonyl (C=O) groups is 1. The third-order valence-corrected chi connectivity index (χ3v) is 4.55. The maximum absolute atomic E-state index is 11.9. The third-order valence-electron chi connectivity index (χ3n) is 2.81. The van der Waals surface area contributed by atoms with E-state index in [2.05, 4.69) is 0 Å². The van der Waals surface area contributed by atoms with E-state index in [-0.39, 0.29) is 21.6 Å². The number of benzene rings is 1. The lowest BCUT2D eigenvalue weighted by Gasteiger charge is -2.21. The van der Waals surface area contributed by atoms with Crippen LogP contribution in [0.25, 0.3) is 0 Å². The highest BCUT2D eigenvalue weighted by molar-refractivity contribution is 7.91. The van der Waals surface area contributed by atoms with Gasteiger partial charge in [0.05, 0.1) is 11.3 Å². The molecule has 0 heterocycles. The topological polar surface area (TPSA) is 71.4 Å². The molecule has 1 rings (SSSR count). The zero-order valence-electron chi connectivity index (χ0n) is 11.0. The Labute approximate surface area is 108 Å². The fraction of sp³-hybridized carbons (Fsp3) is 0.462. The lowest BCUT2D eigenvalue weighted by Crippen LogP contribution is -2.14. The number of phenols is 1. The summed E-state index contributed by atoms with van der Waals surface area (Å²) in [5.74, 6) is -0.577. The zero-order valence-corrected chi connectivity index (χ0v) is 11.8. The van der Waals surface area contributed by atoms with Crippen molar-refractivity contribution in [1.82, 2.24) is 0 Å². The zero-order chi connectivity index (χ0) is 14.1. The van der Waals surface area contributed by atoms with Crippen molar-refractivity contribution in [3.8, 4) is 5.75 Å². The second-order valence-corrected chi connectivity index (χ2v) is 7.43. The van der Waals surface area contributed by atoms with E-state index in [0.717, 1.165) is 0 Å². The summed E-state index contributed by atoms with van der Waals surface area (Å²) in [6.07, 6.45) is 0.471. The maximum atomic E-state index is 11.9. The first-order chi connectivity index (χ1) is 8.13. The van der Waals surface area contributed by atoms with Gasteiger partial charge in [-0.1, -0.05) is 27.7 Å². The molecule has 0 amide bonds. The monoisotopic (exact) mass is 270 g/mol. The predicted octanol–water partition coefficient (Wildman–Crippen LogP) is 2.30. The van der Waals surface area contributed by atoms with Crippen LogP contribution in [0.5, 0.6) is 5.75 Å². The largest absolute Gasteiger partial charge is 0.506 e. The number of aldehydes is 1. The van der Waals surface area contributed by atoms with Gasteiger partial charge in [0, 0.05) is 0 Å². The summed E-state index contributed by atoms with van der Waals surface area (Å²) < 4.78 is 23.8. The average molecular weight is 270 g/mol. The van der Waals surface area contributed by atoms with Crippen LogP contribution in [0.1, 0.15) is 43.6 Å². The van der Waals surface area contributed by atoms with Gasteiger partial charge in [0.1, 0.15) is 10.6 Å². The Bertz CT molecular complexity index is 565. The summed E-state index contributed by atoms with van der Waals surface area (Å²) >= 11 is 0. The second-order valence-electron chi connectivity index (χ2n) is 5.18. The Morgan fingerprint density at radius 3 is 2.22 bits per heavy atom. The van der Waals surface area contributed by atoms with Crippen molar-refractivity contribution in [2.45, 2.75) is 38.0 Å². The highest BCUT2D eigenvalue weighted by atomic mass is 32.2. The normalized spacial score (nSPS) is 12.4. The minimum Gasteiger partial charge on any atom is -0.506 e. The number of sulfone groups is 1. The van der Waals surface area contributed by atoms with Crippen LogP contribution in [0, 0.1) is 0 Å². The summed E-state index contributed by atoms with van der Waals surface area (Å²) in [4.78, 5) is 10.8. The first-order valence-electron chi connectivity index (χ1n) is 5.69. The molecule has 0 aromatic heterocycles. The van der Waals surface area contributed by atoms with Crippen LogP contribution in [-0.4, -0.2) is 25.6 Å². The van der Waals surface area contributed by atoms with Gasteiger partial charge in [-0.05, 0) is 23.1 Å². The van der Waals surface area contributed by atoms with Crippen molar-refractivity contribution in [3.63, 3.8) is 0 Å². The van der Waals surface area contributed by atoms with Crippen molar-refractivity contribution < 1.29 is 18.3 Å². The van der Waals surface area contributed by atoms with E-state index in [0.29, 0.717) is 11.8 Å². The van der Waals surface area contributed by atoms with Crippen molar-refractivity contribution in [2.24, 2.45) is 0 Å². The van der Waals surface area contributed by atoms with Crippen LogP contribution in [0.4, 0.5) is 0 Å². The standard InChI is InChI=1S/C13H18O4S/c1-5-18(16,17)11-7-10(13(2,3)4)6-9(8-14)12(11)15/h6-8,15H,5H2,1-4H3. The summed E-state index contributed by atoms with van der Waals surface area (Å²) in [7, 11) is -3.55. The molecule has 5 heteroatoms. The molecular weight excluding hydrogens is 252 g/mol. The van der Waals surface area contributed by atoms with Crippen molar-refractivity contribution in [2.75, 3.05) is 5.75 Å². The molecule has 0 saturated carbocycles. The SMILES string of the molecule is CCS(=O)(=O)c1cc(C(C)(C)C)cc(C=O)c1O. The molecule has 18 heavy (non-hydrogen) atoms. The fourth-order valence-corrected chi connectivity index (χ4v) is 2.57. The molecule has 1 aromatic carbocycles. The van der Waals surface area contributed by atoms with E-state index in [9.17, 15) is 18.3 Å². The van der Waals surface area contributed by atoms with Gasteiger partial charge in [0.25, 0.3) is 0 Å². The molecular formula is C13H18O4S. The molecule has 0 aliphatic heterocycles. The van der Waals surface area contributed by atoms with Crippen molar-refractivity contribution in [3.05, 3.63) is 23.3 Å². The van der Waals surface area contributed by atoms with Gasteiger partial charge in [-0.2, -0.15) is 0 Å². The highest BCUT2D eigenvalue weighted by Gasteiger charge is 2.24. The smallest absolute Gasteiger partial charge is 0.181 e. The number of hydrogen-bond acceptors (Lipinski definition) is 4. The molecule has 0 fully saturated rings. The number of phenolic OH excluding ortho intramolecular Hbond substituents is 1. The van der Waals surface area contributed by atoms with Crippen LogP contribution in [0.2, 0.25) is 0 Å². The molecule has 100 valence electrons. The molecule has 1 N–H and O–H groups in total. The third kappa shape index (κ3) is 2.72. The molecule has 0 radical (unpaired) electrons. The van der Waals surface area contributed by atoms with Crippen LogP contribution in [-0.2, 0) is 15.3 Å². The van der Waals surface area contributed by atoms with Crippen molar-refractivity contribution in [1.29, 1.82) is 0 Å². The number of hydrogen-bond donors (Lipinski definition) is 1. The molecule has 0 aliphatic carbocycles. The van der Waals surface area contributed by atoms with Gasteiger partial charge in [0.2, 0.25) is 0 Å². The van der Waals surface area contributed by atoms with Gasteiger partial charge in [-0.15, -0.1) is 0 Å². The van der Waals surface area contributed by atoms with Gasteiger partial charge >= 0.3 is 0 Å². The van der Waals surface area contributed by atoms with E-state index in [1.165, 1.54) is 19.1 Å². The lowest BCUT2D eigenvalue weighted by atomic mass is 9.86. The van der Waals surface area contributed by atoms with E-state index in [4.69, 9.17) is 0 Å². The quantitative estimate of drug-likeness (QED) is 0.855. The Morgan fingerprint density at radius 2 is 1.83 bits per heavy atom. The summed E-state index contributed by atoms with van der Waals surface area (Å²) in [5, 5.41) is 9.84. The van der Waals surface area contributed by atoms with Gasteiger partial charge in [-0.25, -0.2) is 8.42 Å². The number of rotatable bonds is 3. The maximum Gasteiger partial charge on any atom is 0.181 e. The van der Waals surface area contributed by atoms with E-state index < -0.39 is 15.6 Å². The van der Waals surface area contributed by atoms with Crippen LogP contribution >= 0.6 is 0 Å². The second kappa shape index (κ2) is 4.72. The predicted molar refractivity (Wildman–Crippen MR) is 69.9 cm³/mol. The van der Waals surface area contributed by atoms with E-state index in [1.807, 2.05) is 20.8 Å². The van der Waals surface area contributed by atoms with Crippen LogP contribution in [0.15, 0.2) is 17.0 Å². The first kappa shape index (κ1) is 14.7. The minimum absolute atomic E-state index is 0.00875.